The fourth-order valence-electron chi connectivity index (χ4n) is 4.40. The summed E-state index contributed by atoms with van der Waals surface area (Å²) < 4.78 is 0. The molecule has 8 heteroatoms. The van der Waals surface area contributed by atoms with Gasteiger partial charge in [-0.3, -0.25) is 0 Å². The van der Waals surface area contributed by atoms with Crippen LogP contribution < -0.4 is 16.8 Å². The van der Waals surface area contributed by atoms with Crippen LogP contribution in [0.4, 0.5) is 0 Å². The average Bonchev–Trinajstić information content (AvgIpc) is 2.80. The van der Waals surface area contributed by atoms with Crippen molar-refractivity contribution in [1.82, 2.24) is 10.2 Å². The minimum atomic E-state index is 0. The van der Waals surface area contributed by atoms with Gasteiger partial charge in [0.15, 0.2) is 0 Å². The van der Waals surface area contributed by atoms with Crippen molar-refractivity contribution in [2.75, 3.05) is 39.3 Å². The van der Waals surface area contributed by atoms with Crippen LogP contribution >= 0.6 is 49.6 Å². The second-order valence-electron chi connectivity index (χ2n) is 8.51. The summed E-state index contributed by atoms with van der Waals surface area (Å²) in [5, 5.41) is 9.08. The lowest BCUT2D eigenvalue weighted by Crippen LogP contribution is -2.29. The van der Waals surface area contributed by atoms with E-state index in [1.165, 1.54) is 59.3 Å². The lowest BCUT2D eigenvalue weighted by atomic mass is 9.97. The molecule has 0 aliphatic carbocycles. The van der Waals surface area contributed by atoms with Crippen LogP contribution in [0.5, 0.6) is 0 Å². The van der Waals surface area contributed by atoms with E-state index in [-0.39, 0.29) is 49.6 Å². The van der Waals surface area contributed by atoms with Crippen LogP contribution in [-0.4, -0.2) is 44.2 Å². The monoisotopic (exact) mass is 564 g/mol. The number of hydrogen-bond donors (Lipinski definition) is 3. The molecule has 0 heterocycles. The predicted octanol–water partition coefficient (Wildman–Crippen LogP) is 6.33. The molecule has 0 bridgehead atoms. The first-order chi connectivity index (χ1) is 15.3. The van der Waals surface area contributed by atoms with E-state index in [0.717, 1.165) is 52.1 Å². The number of nitrogens with two attached hydrogens (primary N) is 2. The second kappa shape index (κ2) is 21.3. The van der Waals surface area contributed by atoms with Gasteiger partial charge in [0.2, 0.25) is 0 Å². The van der Waals surface area contributed by atoms with Crippen molar-refractivity contribution in [1.29, 1.82) is 0 Å². The van der Waals surface area contributed by atoms with Gasteiger partial charge in [-0.05, 0) is 105 Å². The Morgan fingerprint density at radius 2 is 1.11 bits per heavy atom. The summed E-state index contributed by atoms with van der Waals surface area (Å²) >= 11 is 0. The molecular formula is C27H44Cl4N4. The third kappa shape index (κ3) is 11.8. The van der Waals surface area contributed by atoms with E-state index >= 15 is 0 Å². The Kier molecular flexibility index (Phi) is 22.1. The van der Waals surface area contributed by atoms with Crippen molar-refractivity contribution >= 4 is 71.2 Å². The number of benzene rings is 3. The van der Waals surface area contributed by atoms with Crippen LogP contribution in [0.2, 0.25) is 0 Å². The molecule has 0 aromatic heterocycles. The molecule has 0 saturated carbocycles. The molecule has 3 aromatic carbocycles. The third-order valence-corrected chi connectivity index (χ3v) is 6.12. The van der Waals surface area contributed by atoms with Gasteiger partial charge in [-0.25, -0.2) is 0 Å². The van der Waals surface area contributed by atoms with E-state index in [9.17, 15) is 0 Å². The summed E-state index contributed by atoms with van der Waals surface area (Å²) in [5.41, 5.74) is 12.8. The molecule has 0 aliphatic heterocycles. The summed E-state index contributed by atoms with van der Waals surface area (Å²) in [5.74, 6) is 0. The summed E-state index contributed by atoms with van der Waals surface area (Å²) in [6.45, 7) is 7.01. The zero-order chi connectivity index (χ0) is 21.7. The third-order valence-electron chi connectivity index (χ3n) is 6.12. The lowest BCUT2D eigenvalue weighted by molar-refractivity contribution is 0.260. The normalized spacial score (nSPS) is 10.4. The first-order valence-electron chi connectivity index (χ1n) is 12.1. The number of hydrogen-bond acceptors (Lipinski definition) is 4. The van der Waals surface area contributed by atoms with Gasteiger partial charge in [0.1, 0.15) is 0 Å². The van der Waals surface area contributed by atoms with Crippen molar-refractivity contribution < 1.29 is 0 Å². The van der Waals surface area contributed by atoms with Gasteiger partial charge in [0.05, 0.1) is 0 Å². The van der Waals surface area contributed by atoms with Gasteiger partial charge in [-0.2, -0.15) is 0 Å². The highest BCUT2D eigenvalue weighted by Gasteiger charge is 2.07. The fourth-order valence-corrected chi connectivity index (χ4v) is 4.40. The van der Waals surface area contributed by atoms with Gasteiger partial charge < -0.3 is 21.7 Å². The van der Waals surface area contributed by atoms with Crippen LogP contribution in [0.15, 0.2) is 54.6 Å². The maximum absolute atomic E-state index is 5.70. The molecule has 5 N–H and O–H groups in total. The Morgan fingerprint density at radius 3 is 1.69 bits per heavy atom. The Morgan fingerprint density at radius 1 is 0.600 bits per heavy atom. The maximum atomic E-state index is 5.70. The minimum absolute atomic E-state index is 0. The first kappa shape index (κ1) is 36.3. The number of fused-ring (bicyclic) bond motifs is 2. The Hall–Kier alpha value is -0.820. The zero-order valence-corrected chi connectivity index (χ0v) is 23.9. The van der Waals surface area contributed by atoms with Gasteiger partial charge >= 0.3 is 0 Å². The van der Waals surface area contributed by atoms with Gasteiger partial charge in [-0.1, -0.05) is 55.0 Å². The molecule has 3 rings (SSSR count). The highest BCUT2D eigenvalue weighted by molar-refractivity contribution is 6.02. The molecular weight excluding hydrogens is 522 g/mol. The fraction of sp³-hybridized carbons (Fsp3) is 0.481. The highest BCUT2D eigenvalue weighted by atomic mass is 35.5. The largest absolute Gasteiger partial charge is 0.330 e. The van der Waals surface area contributed by atoms with Crippen LogP contribution in [0, 0.1) is 0 Å². The molecule has 3 aromatic rings. The van der Waals surface area contributed by atoms with E-state index in [1.807, 2.05) is 0 Å². The molecule has 0 spiro atoms. The molecule has 0 radical (unpaired) electrons. The van der Waals surface area contributed by atoms with E-state index in [1.54, 1.807) is 0 Å². The van der Waals surface area contributed by atoms with Gasteiger partial charge in [0.25, 0.3) is 0 Å². The smallest absolute Gasteiger partial charge is 0.0217 e. The summed E-state index contributed by atoms with van der Waals surface area (Å²) in [7, 11) is 0. The van der Waals surface area contributed by atoms with E-state index in [0.29, 0.717) is 0 Å². The second-order valence-corrected chi connectivity index (χ2v) is 8.51. The summed E-state index contributed by atoms with van der Waals surface area (Å²) in [4.78, 5) is 2.57. The Labute approximate surface area is 236 Å². The molecule has 0 amide bonds. The average molecular weight is 566 g/mol. The van der Waals surface area contributed by atoms with Crippen molar-refractivity contribution in [2.24, 2.45) is 11.5 Å². The van der Waals surface area contributed by atoms with E-state index < -0.39 is 0 Å². The van der Waals surface area contributed by atoms with Crippen molar-refractivity contribution in [2.45, 2.75) is 45.1 Å². The first-order valence-corrected chi connectivity index (χ1v) is 12.1. The summed E-state index contributed by atoms with van der Waals surface area (Å²) in [6.07, 6.45) is 7.14. The van der Waals surface area contributed by atoms with Crippen LogP contribution in [0.3, 0.4) is 0 Å². The number of halogens is 4. The zero-order valence-electron chi connectivity index (χ0n) is 20.6. The van der Waals surface area contributed by atoms with Crippen molar-refractivity contribution in [3.8, 4) is 0 Å². The van der Waals surface area contributed by atoms with E-state index in [4.69, 9.17) is 11.5 Å². The molecule has 200 valence electrons. The van der Waals surface area contributed by atoms with Crippen LogP contribution in [0.25, 0.3) is 21.5 Å². The number of nitrogens with one attached hydrogen (secondary N) is 1. The molecule has 0 atom stereocenters. The topological polar surface area (TPSA) is 67.3 Å². The molecule has 4 nitrogen and oxygen atoms in total. The van der Waals surface area contributed by atoms with E-state index in [2.05, 4.69) is 64.8 Å². The SMILES string of the molecule is Cl.Cl.Cl.Cl.NCCCCN(CCCN)CCCCCNCc1c2ccccc2cc2ccccc12. The molecule has 0 aliphatic rings. The van der Waals surface area contributed by atoms with Crippen LogP contribution in [-0.2, 0) is 6.54 Å². The Balaban J connectivity index is 0. The quantitative estimate of drug-likeness (QED) is 0.149. The number of nitrogens with zero attached hydrogens (tertiary/aromatic N) is 1. The summed E-state index contributed by atoms with van der Waals surface area (Å²) in [6, 6.07) is 19.8. The van der Waals surface area contributed by atoms with Gasteiger partial charge in [0, 0.05) is 6.54 Å². The Bertz CT molecular complexity index is 872. The predicted molar refractivity (Wildman–Crippen MR) is 164 cm³/mol. The molecule has 35 heavy (non-hydrogen) atoms. The number of unbranched alkanes of at least 4 members (excludes halogenated alkanes) is 3. The van der Waals surface area contributed by atoms with Crippen molar-refractivity contribution in [3.05, 3.63) is 60.2 Å². The van der Waals surface area contributed by atoms with Crippen LogP contribution in [0.1, 0.15) is 44.1 Å². The van der Waals surface area contributed by atoms with Gasteiger partial charge in [-0.15, -0.1) is 49.6 Å². The molecule has 0 saturated heterocycles. The van der Waals surface area contributed by atoms with Crippen molar-refractivity contribution in [3.63, 3.8) is 0 Å². The molecule has 0 fully saturated rings. The number of rotatable bonds is 15. The maximum Gasteiger partial charge on any atom is 0.0217 e. The highest BCUT2D eigenvalue weighted by Crippen LogP contribution is 2.28. The minimum Gasteiger partial charge on any atom is -0.330 e. The standard InChI is InChI=1S/C27H40N4.4ClH/c28-15-6-9-19-31(20-10-16-29)18-8-1-7-17-30-22-27-25-13-4-2-11-23(25)21-24-12-3-5-14-26(24)27;;;;/h2-5,11-14,21,30H,1,6-10,15-20,22,28-29H2;4*1H. The molecule has 0 unspecified atom stereocenters. The lowest BCUT2D eigenvalue weighted by Gasteiger charge is -2.22.